The van der Waals surface area contributed by atoms with Gasteiger partial charge in [0.2, 0.25) is 0 Å². The summed E-state index contributed by atoms with van der Waals surface area (Å²) in [6.45, 7) is 6.99. The van der Waals surface area contributed by atoms with E-state index < -0.39 is 11.9 Å². The maximum absolute atomic E-state index is 9.10. The fourth-order valence-corrected chi connectivity index (χ4v) is 3.61. The van der Waals surface area contributed by atoms with E-state index in [0.29, 0.717) is 0 Å². The smallest absolute Gasteiger partial charge is 0.414 e. The number of H-pyrrole nitrogens is 1. The highest BCUT2D eigenvalue weighted by molar-refractivity contribution is 6.27. The van der Waals surface area contributed by atoms with Gasteiger partial charge in [0.15, 0.2) is 0 Å². The Hall–Kier alpha value is -3.65. The lowest BCUT2D eigenvalue weighted by atomic mass is 10.1. The van der Waals surface area contributed by atoms with Crippen LogP contribution in [0.2, 0.25) is 0 Å². The molecular weight excluding hydrogens is 396 g/mol. The van der Waals surface area contributed by atoms with Gasteiger partial charge in [0.1, 0.15) is 5.82 Å². The van der Waals surface area contributed by atoms with Gasteiger partial charge < -0.3 is 25.1 Å². The van der Waals surface area contributed by atoms with Crippen LogP contribution >= 0.6 is 0 Å². The molecule has 2 aromatic heterocycles. The lowest BCUT2D eigenvalue weighted by Crippen LogP contribution is -2.19. The summed E-state index contributed by atoms with van der Waals surface area (Å²) in [4.78, 5) is 26.3. The number of aromatic amines is 1. The second-order valence-corrected chi connectivity index (χ2v) is 7.09. The third-order valence-corrected chi connectivity index (χ3v) is 5.12. The minimum atomic E-state index is -1.82. The van der Waals surface area contributed by atoms with Crippen LogP contribution in [0.25, 0.3) is 21.9 Å². The van der Waals surface area contributed by atoms with E-state index in [1.807, 2.05) is 6.07 Å². The second-order valence-electron chi connectivity index (χ2n) is 7.09. The Morgan fingerprint density at radius 3 is 2.52 bits per heavy atom. The van der Waals surface area contributed by atoms with Crippen molar-refractivity contribution in [2.24, 2.45) is 0 Å². The van der Waals surface area contributed by atoms with E-state index in [1.165, 1.54) is 27.5 Å². The van der Waals surface area contributed by atoms with Gasteiger partial charge in [-0.05, 0) is 36.6 Å². The first kappa shape index (κ1) is 22.0. The first-order valence-electron chi connectivity index (χ1n) is 10.1. The number of nitrogens with one attached hydrogen (secondary N) is 2. The highest BCUT2D eigenvalue weighted by Gasteiger charge is 2.08. The van der Waals surface area contributed by atoms with Crippen LogP contribution in [0.15, 0.2) is 48.7 Å². The number of aromatic nitrogens is 3. The van der Waals surface area contributed by atoms with Gasteiger partial charge in [-0.15, -0.1) is 0 Å². The van der Waals surface area contributed by atoms with Gasteiger partial charge in [-0.2, -0.15) is 0 Å². The number of para-hydroxylation sites is 3. The molecule has 0 aliphatic heterocycles. The van der Waals surface area contributed by atoms with Crippen molar-refractivity contribution in [2.45, 2.75) is 33.4 Å². The molecule has 0 aliphatic carbocycles. The molecule has 0 saturated heterocycles. The molecule has 0 unspecified atom stereocenters. The number of benzene rings is 2. The molecule has 8 heteroatoms. The van der Waals surface area contributed by atoms with E-state index in [4.69, 9.17) is 19.8 Å². The van der Waals surface area contributed by atoms with E-state index >= 15 is 0 Å². The highest BCUT2D eigenvalue weighted by atomic mass is 16.4. The molecule has 0 aliphatic rings. The topological polar surface area (TPSA) is 120 Å². The number of hydrogen-bond acceptors (Lipinski definition) is 4. The molecule has 0 saturated carbocycles. The molecular formula is C23H26N4O4. The Morgan fingerprint density at radius 2 is 1.81 bits per heavy atom. The van der Waals surface area contributed by atoms with Crippen LogP contribution in [-0.4, -0.2) is 43.2 Å². The Morgan fingerprint density at radius 1 is 1.06 bits per heavy atom. The van der Waals surface area contributed by atoms with Crippen molar-refractivity contribution < 1.29 is 19.8 Å². The number of rotatable bonds is 6. The van der Waals surface area contributed by atoms with Crippen LogP contribution in [0.3, 0.4) is 0 Å². The normalized spacial score (nSPS) is 10.8. The molecule has 4 rings (SSSR count). The molecule has 0 amide bonds. The molecule has 0 radical (unpaired) electrons. The quantitative estimate of drug-likeness (QED) is 0.279. The molecule has 8 nitrogen and oxygen atoms in total. The number of carboxylic acid groups (broad SMARTS) is 2. The van der Waals surface area contributed by atoms with Crippen molar-refractivity contribution in [1.29, 1.82) is 0 Å². The first-order chi connectivity index (χ1) is 14.9. The summed E-state index contributed by atoms with van der Waals surface area (Å²) in [6.07, 6.45) is 3.19. The van der Waals surface area contributed by atoms with E-state index in [-0.39, 0.29) is 0 Å². The molecule has 0 bridgehead atoms. The van der Waals surface area contributed by atoms with Crippen LogP contribution in [-0.2, 0) is 29.1 Å². The molecule has 4 N–H and O–H groups in total. The SMILES string of the molecule is CCc1cccc2c(CNCCn3c(C)nc4ccccc43)c[nH]c12.O=C(O)C(=O)O. The lowest BCUT2D eigenvalue weighted by molar-refractivity contribution is -0.159. The Kier molecular flexibility index (Phi) is 7.04. The average Bonchev–Trinajstić information content (AvgIpc) is 3.31. The van der Waals surface area contributed by atoms with Crippen LogP contribution < -0.4 is 5.32 Å². The summed E-state index contributed by atoms with van der Waals surface area (Å²) in [5.41, 5.74) is 6.27. The summed E-state index contributed by atoms with van der Waals surface area (Å²) in [6, 6.07) is 14.9. The van der Waals surface area contributed by atoms with E-state index in [2.05, 4.69) is 76.3 Å². The Bertz CT molecular complexity index is 1200. The van der Waals surface area contributed by atoms with Gasteiger partial charge in [0, 0.05) is 36.7 Å². The summed E-state index contributed by atoms with van der Waals surface area (Å²) in [7, 11) is 0. The molecule has 2 heterocycles. The number of carbonyl (C=O) groups is 2. The summed E-state index contributed by atoms with van der Waals surface area (Å²) in [5, 5.41) is 19.7. The fraction of sp³-hybridized carbons (Fsp3) is 0.261. The van der Waals surface area contributed by atoms with E-state index in [1.54, 1.807) is 0 Å². The molecule has 0 spiro atoms. The minimum absolute atomic E-state index is 0.874. The second kappa shape index (κ2) is 9.90. The summed E-state index contributed by atoms with van der Waals surface area (Å²) in [5.74, 6) is -2.58. The number of aliphatic carboxylic acids is 2. The van der Waals surface area contributed by atoms with Crippen molar-refractivity contribution in [3.05, 3.63) is 65.6 Å². The molecule has 0 atom stereocenters. The molecule has 0 fully saturated rings. The van der Waals surface area contributed by atoms with Gasteiger partial charge >= 0.3 is 11.9 Å². The van der Waals surface area contributed by atoms with Crippen LogP contribution in [0.4, 0.5) is 0 Å². The maximum Gasteiger partial charge on any atom is 0.414 e. The van der Waals surface area contributed by atoms with Gasteiger partial charge in [-0.25, -0.2) is 14.6 Å². The third-order valence-electron chi connectivity index (χ3n) is 5.12. The Labute approximate surface area is 179 Å². The van der Waals surface area contributed by atoms with Crippen molar-refractivity contribution in [2.75, 3.05) is 6.54 Å². The van der Waals surface area contributed by atoms with E-state index in [9.17, 15) is 0 Å². The number of nitrogens with zero attached hydrogens (tertiary/aromatic N) is 2. The zero-order valence-corrected chi connectivity index (χ0v) is 17.6. The molecule has 2 aromatic carbocycles. The van der Waals surface area contributed by atoms with Crippen LogP contribution in [0, 0.1) is 6.92 Å². The average molecular weight is 422 g/mol. The minimum Gasteiger partial charge on any atom is -0.473 e. The third kappa shape index (κ3) is 5.10. The maximum atomic E-state index is 9.10. The fourth-order valence-electron chi connectivity index (χ4n) is 3.61. The first-order valence-corrected chi connectivity index (χ1v) is 10.1. The number of fused-ring (bicyclic) bond motifs is 2. The predicted molar refractivity (Wildman–Crippen MR) is 119 cm³/mol. The molecule has 4 aromatic rings. The standard InChI is InChI=1S/C21H24N4.C2H2O4/c1-3-16-7-6-8-18-17(14-23-21(16)18)13-22-11-12-25-15(2)24-19-9-4-5-10-20(19)25;3-1(4)2(5)6/h4-10,14,22-23H,3,11-13H2,1-2H3;(H,3,4)(H,5,6). The number of carboxylic acids is 2. The summed E-state index contributed by atoms with van der Waals surface area (Å²) < 4.78 is 2.28. The molecule has 31 heavy (non-hydrogen) atoms. The largest absolute Gasteiger partial charge is 0.473 e. The predicted octanol–water partition coefficient (Wildman–Crippen LogP) is 3.33. The number of hydrogen-bond donors (Lipinski definition) is 4. The monoisotopic (exact) mass is 422 g/mol. The van der Waals surface area contributed by atoms with E-state index in [0.717, 1.165) is 37.4 Å². The van der Waals surface area contributed by atoms with Crippen LogP contribution in [0.1, 0.15) is 23.9 Å². The van der Waals surface area contributed by atoms with Crippen LogP contribution in [0.5, 0.6) is 0 Å². The van der Waals surface area contributed by atoms with Gasteiger partial charge in [-0.1, -0.05) is 37.3 Å². The number of aryl methyl sites for hydroxylation is 2. The van der Waals surface area contributed by atoms with Crippen molar-refractivity contribution in [1.82, 2.24) is 19.9 Å². The van der Waals surface area contributed by atoms with Gasteiger partial charge in [0.25, 0.3) is 0 Å². The zero-order chi connectivity index (χ0) is 22.4. The highest BCUT2D eigenvalue weighted by Crippen LogP contribution is 2.22. The number of imidazole rings is 1. The summed E-state index contributed by atoms with van der Waals surface area (Å²) >= 11 is 0. The van der Waals surface area contributed by atoms with Crippen molar-refractivity contribution in [3.8, 4) is 0 Å². The van der Waals surface area contributed by atoms with Gasteiger partial charge in [0.05, 0.1) is 11.0 Å². The van der Waals surface area contributed by atoms with Crippen molar-refractivity contribution >= 4 is 33.9 Å². The molecule has 162 valence electrons. The van der Waals surface area contributed by atoms with Crippen molar-refractivity contribution in [3.63, 3.8) is 0 Å². The lowest BCUT2D eigenvalue weighted by Gasteiger charge is -2.08. The van der Waals surface area contributed by atoms with Gasteiger partial charge in [-0.3, -0.25) is 0 Å². The Balaban J connectivity index is 0.000000401. The zero-order valence-electron chi connectivity index (χ0n) is 17.6.